The third-order valence-corrected chi connectivity index (χ3v) is 4.82. The van der Waals surface area contributed by atoms with Crippen molar-refractivity contribution in [1.82, 2.24) is 4.57 Å². The van der Waals surface area contributed by atoms with Crippen LogP contribution in [0.1, 0.15) is 52.6 Å². The van der Waals surface area contributed by atoms with E-state index < -0.39 is 0 Å². The Morgan fingerprint density at radius 2 is 1.65 bits per heavy atom. The molecule has 0 fully saturated rings. The van der Waals surface area contributed by atoms with Gasteiger partial charge in [0.1, 0.15) is 0 Å². The summed E-state index contributed by atoms with van der Waals surface area (Å²) in [6, 6.07) is 22.7. The fourth-order valence-corrected chi connectivity index (χ4v) is 3.33. The molecule has 1 heterocycles. The van der Waals surface area contributed by atoms with Crippen molar-refractivity contribution in [3.05, 3.63) is 94.8 Å². The Hall–Kier alpha value is -2.81. The van der Waals surface area contributed by atoms with Crippen LogP contribution in [0.3, 0.4) is 0 Å². The van der Waals surface area contributed by atoms with Gasteiger partial charge in [-0.15, -0.1) is 0 Å². The van der Waals surface area contributed by atoms with Crippen molar-refractivity contribution in [2.24, 2.45) is 0 Å². The van der Waals surface area contributed by atoms with Gasteiger partial charge in [0.2, 0.25) is 0 Å². The summed E-state index contributed by atoms with van der Waals surface area (Å²) in [5.41, 5.74) is 5.17. The van der Waals surface area contributed by atoms with E-state index in [9.17, 15) is 4.79 Å². The molecular weight excluding hydrogens is 322 g/mol. The number of aromatic nitrogens is 1. The van der Waals surface area contributed by atoms with E-state index in [1.165, 1.54) is 11.1 Å². The van der Waals surface area contributed by atoms with E-state index >= 15 is 0 Å². The predicted octanol–water partition coefficient (Wildman–Crippen LogP) is 5.17. The van der Waals surface area contributed by atoms with Gasteiger partial charge in [-0.3, -0.25) is 0 Å². The van der Waals surface area contributed by atoms with Gasteiger partial charge in [-0.05, 0) is 31.0 Å². The van der Waals surface area contributed by atoms with E-state index in [2.05, 4.69) is 47.9 Å². The molecular formula is C23H25NO2. The van der Waals surface area contributed by atoms with Gasteiger partial charge >= 0.3 is 5.97 Å². The van der Waals surface area contributed by atoms with Crippen molar-refractivity contribution < 1.29 is 9.53 Å². The number of ether oxygens (including phenoxy) is 1. The Kier molecular flexibility index (Phi) is 5.57. The molecule has 0 radical (unpaired) electrons. The monoisotopic (exact) mass is 347 g/mol. The molecule has 3 heteroatoms. The molecule has 0 amide bonds. The summed E-state index contributed by atoms with van der Waals surface area (Å²) >= 11 is 0. The predicted molar refractivity (Wildman–Crippen MR) is 105 cm³/mol. The molecule has 26 heavy (non-hydrogen) atoms. The second-order valence-electron chi connectivity index (χ2n) is 6.49. The second-order valence-corrected chi connectivity index (χ2v) is 6.49. The molecule has 2 aromatic carbocycles. The Labute approximate surface area is 155 Å². The molecule has 0 spiro atoms. The third kappa shape index (κ3) is 3.72. The molecule has 0 saturated carbocycles. The van der Waals surface area contributed by atoms with Gasteiger partial charge in [0.15, 0.2) is 0 Å². The maximum Gasteiger partial charge on any atom is 0.339 e. The van der Waals surface area contributed by atoms with Crippen molar-refractivity contribution in [3.63, 3.8) is 0 Å². The molecule has 1 unspecified atom stereocenters. The van der Waals surface area contributed by atoms with Gasteiger partial charge in [0.25, 0.3) is 0 Å². The lowest BCUT2D eigenvalue weighted by molar-refractivity contribution is 0.0525. The number of carbonyl (C=O) groups excluding carboxylic acids is 1. The first-order valence-electron chi connectivity index (χ1n) is 9.07. The van der Waals surface area contributed by atoms with Crippen LogP contribution < -0.4 is 0 Å². The van der Waals surface area contributed by atoms with Gasteiger partial charge in [0, 0.05) is 23.9 Å². The summed E-state index contributed by atoms with van der Waals surface area (Å²) in [5, 5.41) is 0. The Morgan fingerprint density at radius 1 is 1.04 bits per heavy atom. The average Bonchev–Trinajstić information content (AvgIpc) is 2.99. The van der Waals surface area contributed by atoms with E-state index in [1.807, 2.05) is 44.2 Å². The number of carbonyl (C=O) groups is 1. The lowest BCUT2D eigenvalue weighted by Gasteiger charge is -2.18. The largest absolute Gasteiger partial charge is 0.462 e. The lowest BCUT2D eigenvalue weighted by Crippen LogP contribution is -2.10. The first-order chi connectivity index (χ1) is 12.6. The minimum atomic E-state index is -0.252. The summed E-state index contributed by atoms with van der Waals surface area (Å²) in [7, 11) is 0. The van der Waals surface area contributed by atoms with E-state index in [-0.39, 0.29) is 11.9 Å². The first kappa shape index (κ1) is 18.0. The highest BCUT2D eigenvalue weighted by molar-refractivity contribution is 5.91. The minimum Gasteiger partial charge on any atom is -0.462 e. The van der Waals surface area contributed by atoms with Crippen LogP contribution in [-0.2, 0) is 11.3 Å². The Balaban J connectivity index is 2.06. The van der Waals surface area contributed by atoms with Crippen LogP contribution in [-0.4, -0.2) is 17.1 Å². The zero-order chi connectivity index (χ0) is 18.5. The number of hydrogen-bond acceptors (Lipinski definition) is 2. The average molecular weight is 347 g/mol. The molecule has 0 aliphatic rings. The maximum absolute atomic E-state index is 12.4. The van der Waals surface area contributed by atoms with Crippen LogP contribution >= 0.6 is 0 Å². The molecule has 3 nitrogen and oxygen atoms in total. The number of rotatable bonds is 6. The molecule has 0 aliphatic heterocycles. The number of hydrogen-bond donors (Lipinski definition) is 0. The van der Waals surface area contributed by atoms with Gasteiger partial charge in [-0.2, -0.15) is 0 Å². The molecule has 134 valence electrons. The van der Waals surface area contributed by atoms with Crippen LogP contribution in [0.2, 0.25) is 0 Å². The zero-order valence-corrected chi connectivity index (χ0v) is 15.6. The zero-order valence-electron chi connectivity index (χ0n) is 15.6. The summed E-state index contributed by atoms with van der Waals surface area (Å²) in [5.74, 6) is -0.0693. The summed E-state index contributed by atoms with van der Waals surface area (Å²) < 4.78 is 7.50. The molecule has 1 atom stereocenters. The van der Waals surface area contributed by atoms with E-state index in [4.69, 9.17) is 4.74 Å². The molecule has 3 aromatic rings. The SMILES string of the molecule is CCOC(=O)c1cc(C(C)c2ccccc2)n(Cc2ccccc2)c1C. The number of benzene rings is 2. The summed E-state index contributed by atoms with van der Waals surface area (Å²) in [6.45, 7) is 7.13. The smallest absolute Gasteiger partial charge is 0.339 e. The van der Waals surface area contributed by atoms with Crippen molar-refractivity contribution in [1.29, 1.82) is 0 Å². The topological polar surface area (TPSA) is 31.2 Å². The third-order valence-electron chi connectivity index (χ3n) is 4.82. The van der Waals surface area contributed by atoms with Crippen molar-refractivity contribution in [2.45, 2.75) is 33.2 Å². The Bertz CT molecular complexity index is 866. The molecule has 0 saturated heterocycles. The second kappa shape index (κ2) is 8.05. The van der Waals surface area contributed by atoms with Crippen LogP contribution in [0.5, 0.6) is 0 Å². The standard InChI is InChI=1S/C23H25NO2/c1-4-26-23(25)21-15-22(17(2)20-13-9-6-10-14-20)24(18(21)3)16-19-11-7-5-8-12-19/h5-15,17H,4,16H2,1-3H3. The minimum absolute atomic E-state index is 0.182. The van der Waals surface area contributed by atoms with E-state index in [1.54, 1.807) is 0 Å². The van der Waals surface area contributed by atoms with Crippen molar-refractivity contribution >= 4 is 5.97 Å². The van der Waals surface area contributed by atoms with Crippen LogP contribution in [0.25, 0.3) is 0 Å². The van der Waals surface area contributed by atoms with Crippen molar-refractivity contribution in [2.75, 3.05) is 6.61 Å². The summed E-state index contributed by atoms with van der Waals surface area (Å²) in [6.07, 6.45) is 0. The van der Waals surface area contributed by atoms with Crippen molar-refractivity contribution in [3.8, 4) is 0 Å². The van der Waals surface area contributed by atoms with Gasteiger partial charge in [0.05, 0.1) is 12.2 Å². The van der Waals surface area contributed by atoms with Gasteiger partial charge in [-0.1, -0.05) is 67.6 Å². The normalized spacial score (nSPS) is 12.0. The number of nitrogens with zero attached hydrogens (tertiary/aromatic N) is 1. The molecule has 3 rings (SSSR count). The quantitative estimate of drug-likeness (QED) is 0.576. The number of esters is 1. The fraction of sp³-hybridized carbons (Fsp3) is 0.261. The highest BCUT2D eigenvalue weighted by atomic mass is 16.5. The molecule has 1 aromatic heterocycles. The lowest BCUT2D eigenvalue weighted by atomic mass is 9.97. The van der Waals surface area contributed by atoms with Crippen LogP contribution in [0.4, 0.5) is 0 Å². The highest BCUT2D eigenvalue weighted by Crippen LogP contribution is 2.29. The van der Waals surface area contributed by atoms with Crippen LogP contribution in [0.15, 0.2) is 66.7 Å². The van der Waals surface area contributed by atoms with Gasteiger partial charge in [-0.25, -0.2) is 4.79 Å². The fourth-order valence-electron chi connectivity index (χ4n) is 3.33. The molecule has 0 aliphatic carbocycles. The van der Waals surface area contributed by atoms with Crippen LogP contribution in [0, 0.1) is 6.92 Å². The van der Waals surface area contributed by atoms with Gasteiger partial charge < -0.3 is 9.30 Å². The maximum atomic E-state index is 12.4. The van der Waals surface area contributed by atoms with E-state index in [0.29, 0.717) is 12.2 Å². The Morgan fingerprint density at radius 3 is 2.27 bits per heavy atom. The molecule has 0 bridgehead atoms. The van der Waals surface area contributed by atoms with E-state index in [0.717, 1.165) is 17.9 Å². The highest BCUT2D eigenvalue weighted by Gasteiger charge is 2.22. The summed E-state index contributed by atoms with van der Waals surface area (Å²) in [4.78, 5) is 12.4. The molecule has 0 N–H and O–H groups in total. The first-order valence-corrected chi connectivity index (χ1v) is 9.07.